The van der Waals surface area contributed by atoms with E-state index >= 15 is 0 Å². The lowest BCUT2D eigenvalue weighted by atomic mass is 10.1. The summed E-state index contributed by atoms with van der Waals surface area (Å²) in [5.41, 5.74) is 1.20. The summed E-state index contributed by atoms with van der Waals surface area (Å²) in [5, 5.41) is 0. The fourth-order valence-electron chi connectivity index (χ4n) is 1.52. The summed E-state index contributed by atoms with van der Waals surface area (Å²) >= 11 is 0. The summed E-state index contributed by atoms with van der Waals surface area (Å²) in [7, 11) is 0. The molecule has 0 spiro atoms. The van der Waals surface area contributed by atoms with Crippen molar-refractivity contribution in [3.05, 3.63) is 58.9 Å². The van der Waals surface area contributed by atoms with Crippen LogP contribution in [0.2, 0.25) is 0 Å². The molecule has 0 aliphatic heterocycles. The van der Waals surface area contributed by atoms with Gasteiger partial charge in [0.05, 0.1) is 0 Å². The van der Waals surface area contributed by atoms with Gasteiger partial charge in [0, 0.05) is 11.8 Å². The second kappa shape index (κ2) is 4.41. The van der Waals surface area contributed by atoms with Crippen LogP contribution >= 0.6 is 0 Å². The van der Waals surface area contributed by atoms with E-state index in [0.29, 0.717) is 22.6 Å². The summed E-state index contributed by atoms with van der Waals surface area (Å²) in [6.07, 6.45) is 1.53. The Labute approximate surface area is 98.3 Å². The first-order valence-corrected chi connectivity index (χ1v) is 5.18. The minimum atomic E-state index is -0.319. The van der Waals surface area contributed by atoms with Crippen LogP contribution in [0.25, 0.3) is 0 Å². The molecule has 0 amide bonds. The van der Waals surface area contributed by atoms with E-state index < -0.39 is 0 Å². The predicted molar refractivity (Wildman–Crippen MR) is 61.3 cm³/mol. The minimum Gasteiger partial charge on any atom is -0.287 e. The van der Waals surface area contributed by atoms with Gasteiger partial charge in [-0.2, -0.15) is 0 Å². The van der Waals surface area contributed by atoms with Crippen molar-refractivity contribution in [3.63, 3.8) is 0 Å². The highest BCUT2D eigenvalue weighted by Gasteiger charge is 2.12. The Kier molecular flexibility index (Phi) is 2.95. The van der Waals surface area contributed by atoms with Gasteiger partial charge in [0.2, 0.25) is 5.78 Å². The Hall–Kier alpha value is -2.10. The molecule has 0 aliphatic carbocycles. The normalized spacial score (nSPS) is 10.3. The van der Waals surface area contributed by atoms with Crippen LogP contribution in [0, 0.1) is 19.7 Å². The number of hydrogen-bond donors (Lipinski definition) is 0. The van der Waals surface area contributed by atoms with Crippen LogP contribution in [0.15, 0.2) is 30.5 Å². The number of halogens is 1. The van der Waals surface area contributed by atoms with E-state index in [-0.39, 0.29) is 11.6 Å². The van der Waals surface area contributed by atoms with Crippen molar-refractivity contribution in [3.8, 4) is 0 Å². The van der Waals surface area contributed by atoms with Gasteiger partial charge in [0.15, 0.2) is 0 Å². The van der Waals surface area contributed by atoms with Crippen LogP contribution < -0.4 is 0 Å². The number of carbonyl (C=O) groups is 1. The van der Waals surface area contributed by atoms with E-state index in [1.165, 1.54) is 24.4 Å². The highest BCUT2D eigenvalue weighted by molar-refractivity contribution is 6.07. The first-order valence-electron chi connectivity index (χ1n) is 5.18. The van der Waals surface area contributed by atoms with Crippen LogP contribution in [0.1, 0.15) is 27.4 Å². The molecule has 0 N–H and O–H groups in total. The average Bonchev–Trinajstić information content (AvgIpc) is 2.32. The monoisotopic (exact) mass is 230 g/mol. The molecule has 0 fully saturated rings. The van der Waals surface area contributed by atoms with Crippen molar-refractivity contribution in [1.82, 2.24) is 9.97 Å². The molecule has 2 aromatic rings. The number of hydrogen-bond acceptors (Lipinski definition) is 3. The van der Waals surface area contributed by atoms with Gasteiger partial charge in [0.1, 0.15) is 17.3 Å². The standard InChI is InChI=1S/C13H11FN2O/c1-8-7-10(3-4-11(8)14)13(17)12-5-6-15-9(2)16-12/h3-7H,1-2H3. The van der Waals surface area contributed by atoms with Crippen LogP contribution in [0.5, 0.6) is 0 Å². The zero-order valence-corrected chi connectivity index (χ0v) is 9.57. The maximum atomic E-state index is 13.1. The fraction of sp³-hybridized carbons (Fsp3) is 0.154. The fourth-order valence-corrected chi connectivity index (χ4v) is 1.52. The van der Waals surface area contributed by atoms with E-state index in [1.807, 2.05) is 0 Å². The maximum Gasteiger partial charge on any atom is 0.211 e. The van der Waals surface area contributed by atoms with Gasteiger partial charge in [0.25, 0.3) is 0 Å². The van der Waals surface area contributed by atoms with E-state index in [4.69, 9.17) is 0 Å². The molecular weight excluding hydrogens is 219 g/mol. The first kappa shape index (κ1) is 11.4. The van der Waals surface area contributed by atoms with E-state index in [2.05, 4.69) is 9.97 Å². The molecule has 0 bridgehead atoms. The second-order valence-corrected chi connectivity index (χ2v) is 3.78. The summed E-state index contributed by atoms with van der Waals surface area (Å²) in [4.78, 5) is 20.0. The number of ketones is 1. The Balaban J connectivity index is 2.40. The van der Waals surface area contributed by atoms with Gasteiger partial charge in [-0.15, -0.1) is 0 Å². The average molecular weight is 230 g/mol. The molecule has 0 saturated carbocycles. The zero-order chi connectivity index (χ0) is 12.4. The van der Waals surface area contributed by atoms with Crippen molar-refractivity contribution in [2.45, 2.75) is 13.8 Å². The van der Waals surface area contributed by atoms with Crippen molar-refractivity contribution in [2.24, 2.45) is 0 Å². The van der Waals surface area contributed by atoms with Crippen LogP contribution in [-0.4, -0.2) is 15.8 Å². The Morgan fingerprint density at radius 2 is 2.00 bits per heavy atom. The molecule has 1 aromatic heterocycles. The molecule has 0 radical (unpaired) electrons. The molecule has 0 atom stereocenters. The summed E-state index contributed by atoms with van der Waals surface area (Å²) in [6, 6.07) is 5.82. The smallest absolute Gasteiger partial charge is 0.211 e. The Morgan fingerprint density at radius 1 is 1.24 bits per heavy atom. The number of benzene rings is 1. The van der Waals surface area contributed by atoms with E-state index in [9.17, 15) is 9.18 Å². The van der Waals surface area contributed by atoms with Crippen LogP contribution in [0.4, 0.5) is 4.39 Å². The van der Waals surface area contributed by atoms with Gasteiger partial charge < -0.3 is 0 Å². The molecule has 1 aromatic carbocycles. The van der Waals surface area contributed by atoms with Crippen molar-refractivity contribution in [1.29, 1.82) is 0 Å². The van der Waals surface area contributed by atoms with Gasteiger partial charge >= 0.3 is 0 Å². The number of nitrogens with zero attached hydrogens (tertiary/aromatic N) is 2. The van der Waals surface area contributed by atoms with E-state index in [1.54, 1.807) is 19.9 Å². The molecule has 2 rings (SSSR count). The number of carbonyl (C=O) groups excluding carboxylic acids is 1. The topological polar surface area (TPSA) is 42.9 Å². The molecule has 17 heavy (non-hydrogen) atoms. The number of aromatic nitrogens is 2. The predicted octanol–water partition coefficient (Wildman–Crippen LogP) is 2.46. The van der Waals surface area contributed by atoms with Crippen molar-refractivity contribution >= 4 is 5.78 Å². The van der Waals surface area contributed by atoms with E-state index in [0.717, 1.165) is 0 Å². The maximum absolute atomic E-state index is 13.1. The lowest BCUT2D eigenvalue weighted by Crippen LogP contribution is -2.06. The van der Waals surface area contributed by atoms with Gasteiger partial charge in [-0.1, -0.05) is 0 Å². The third-order valence-corrected chi connectivity index (χ3v) is 2.43. The summed E-state index contributed by atoms with van der Waals surface area (Å²) in [5.74, 6) is -0.00583. The Bertz CT molecular complexity index is 581. The largest absolute Gasteiger partial charge is 0.287 e. The molecule has 3 nitrogen and oxygen atoms in total. The minimum absolute atomic E-state index is 0.224. The summed E-state index contributed by atoms with van der Waals surface area (Å²) < 4.78 is 13.1. The molecule has 4 heteroatoms. The Morgan fingerprint density at radius 3 is 2.65 bits per heavy atom. The highest BCUT2D eigenvalue weighted by Crippen LogP contribution is 2.12. The third kappa shape index (κ3) is 2.36. The third-order valence-electron chi connectivity index (χ3n) is 2.43. The number of rotatable bonds is 2. The second-order valence-electron chi connectivity index (χ2n) is 3.78. The zero-order valence-electron chi connectivity index (χ0n) is 9.57. The van der Waals surface area contributed by atoms with Gasteiger partial charge in [-0.3, -0.25) is 4.79 Å². The molecular formula is C13H11FN2O. The summed E-state index contributed by atoms with van der Waals surface area (Å²) in [6.45, 7) is 3.34. The number of aryl methyl sites for hydroxylation is 2. The van der Waals surface area contributed by atoms with Crippen LogP contribution in [0.3, 0.4) is 0 Å². The van der Waals surface area contributed by atoms with Gasteiger partial charge in [-0.25, -0.2) is 14.4 Å². The highest BCUT2D eigenvalue weighted by atomic mass is 19.1. The molecule has 86 valence electrons. The van der Waals surface area contributed by atoms with Crippen molar-refractivity contribution < 1.29 is 9.18 Å². The molecule has 0 saturated heterocycles. The lowest BCUT2D eigenvalue weighted by molar-refractivity contribution is 0.103. The van der Waals surface area contributed by atoms with Crippen molar-refractivity contribution in [2.75, 3.05) is 0 Å². The molecule has 0 unspecified atom stereocenters. The van der Waals surface area contributed by atoms with Gasteiger partial charge in [-0.05, 0) is 43.7 Å². The SMILES string of the molecule is Cc1nccc(C(=O)c2ccc(F)c(C)c2)n1. The molecule has 1 heterocycles. The first-order chi connectivity index (χ1) is 8.08. The molecule has 0 aliphatic rings. The van der Waals surface area contributed by atoms with Crippen LogP contribution in [-0.2, 0) is 0 Å². The lowest BCUT2D eigenvalue weighted by Gasteiger charge is -2.03. The quantitative estimate of drug-likeness (QED) is 0.744.